The first kappa shape index (κ1) is 12.8. The van der Waals surface area contributed by atoms with Crippen molar-refractivity contribution >= 4 is 11.6 Å². The summed E-state index contributed by atoms with van der Waals surface area (Å²) in [6.07, 6.45) is 3.03. The summed E-state index contributed by atoms with van der Waals surface area (Å²) < 4.78 is 19.3. The minimum absolute atomic E-state index is 0.113. The molecule has 0 saturated carbocycles. The normalized spacial score (nSPS) is 10.4. The van der Waals surface area contributed by atoms with Gasteiger partial charge in [0.2, 0.25) is 0 Å². The van der Waals surface area contributed by atoms with Gasteiger partial charge in [0.15, 0.2) is 0 Å². The molecule has 0 aliphatic heterocycles. The molecule has 0 aliphatic rings. The zero-order valence-electron chi connectivity index (χ0n) is 9.57. The highest BCUT2D eigenvalue weighted by atomic mass is 35.5. The van der Waals surface area contributed by atoms with Crippen molar-refractivity contribution in [3.8, 4) is 5.75 Å². The third kappa shape index (κ3) is 2.97. The van der Waals surface area contributed by atoms with E-state index in [0.717, 1.165) is 0 Å². The number of rotatable bonds is 4. The lowest BCUT2D eigenvalue weighted by atomic mass is 10.1. The molecule has 18 heavy (non-hydrogen) atoms. The van der Waals surface area contributed by atoms with Crippen LogP contribution in [0.3, 0.4) is 0 Å². The Labute approximate surface area is 109 Å². The average Bonchev–Trinajstić information content (AvgIpc) is 2.38. The molecule has 0 atom stereocenters. The summed E-state index contributed by atoms with van der Waals surface area (Å²) in [6, 6.07) is 6.69. The quantitative estimate of drug-likeness (QED) is 0.926. The number of hydrogen-bond donors (Lipinski definition) is 1. The van der Waals surface area contributed by atoms with Gasteiger partial charge in [-0.05, 0) is 0 Å². The minimum Gasteiger partial charge on any atom is -0.487 e. The first-order valence-electron chi connectivity index (χ1n) is 5.40. The highest BCUT2D eigenvalue weighted by molar-refractivity contribution is 6.30. The van der Waals surface area contributed by atoms with Crippen LogP contribution >= 0.6 is 11.6 Å². The van der Waals surface area contributed by atoms with Crippen LogP contribution in [0.2, 0.25) is 5.02 Å². The zero-order chi connectivity index (χ0) is 13.0. The van der Waals surface area contributed by atoms with E-state index in [0.29, 0.717) is 21.9 Å². The number of nitrogens with two attached hydrogens (primary N) is 1. The van der Waals surface area contributed by atoms with Crippen LogP contribution in [0.5, 0.6) is 5.75 Å². The van der Waals surface area contributed by atoms with Crippen molar-refractivity contribution in [3.05, 3.63) is 58.6 Å². The van der Waals surface area contributed by atoms with Crippen molar-refractivity contribution in [2.75, 3.05) is 0 Å². The number of aromatic nitrogens is 1. The molecule has 0 bridgehead atoms. The molecule has 1 aromatic heterocycles. The summed E-state index contributed by atoms with van der Waals surface area (Å²) in [4.78, 5) is 3.88. The van der Waals surface area contributed by atoms with E-state index in [1.54, 1.807) is 24.3 Å². The molecule has 2 rings (SSSR count). The Morgan fingerprint density at radius 1 is 1.28 bits per heavy atom. The molecule has 0 saturated heterocycles. The average molecular weight is 267 g/mol. The molecular formula is C13H12ClFN2O. The topological polar surface area (TPSA) is 48.1 Å². The number of pyridine rings is 1. The number of benzene rings is 1. The maximum atomic E-state index is 13.9. The van der Waals surface area contributed by atoms with E-state index in [1.165, 1.54) is 12.4 Å². The van der Waals surface area contributed by atoms with Crippen LogP contribution in [0.4, 0.5) is 4.39 Å². The number of hydrogen-bond acceptors (Lipinski definition) is 3. The number of ether oxygens (including phenoxy) is 1. The molecule has 0 fully saturated rings. The van der Waals surface area contributed by atoms with Crippen molar-refractivity contribution in [1.29, 1.82) is 0 Å². The lowest BCUT2D eigenvalue weighted by Gasteiger charge is -2.09. The fourth-order valence-electron chi connectivity index (χ4n) is 1.53. The summed E-state index contributed by atoms with van der Waals surface area (Å²) in [7, 11) is 0. The molecule has 2 N–H and O–H groups in total. The summed E-state index contributed by atoms with van der Waals surface area (Å²) >= 11 is 5.77. The highest BCUT2D eigenvalue weighted by Crippen LogP contribution is 2.18. The van der Waals surface area contributed by atoms with E-state index in [4.69, 9.17) is 22.1 Å². The van der Waals surface area contributed by atoms with Crippen molar-refractivity contribution < 1.29 is 9.13 Å². The predicted octanol–water partition coefficient (Wildman–Crippen LogP) is 2.91. The van der Waals surface area contributed by atoms with Crippen molar-refractivity contribution in [2.45, 2.75) is 13.2 Å². The third-order valence-electron chi connectivity index (χ3n) is 2.45. The molecule has 0 amide bonds. The van der Waals surface area contributed by atoms with Crippen LogP contribution in [0.1, 0.15) is 11.1 Å². The smallest absolute Gasteiger partial charge is 0.139 e. The van der Waals surface area contributed by atoms with Gasteiger partial charge in [0.1, 0.15) is 18.2 Å². The molecule has 1 aromatic carbocycles. The van der Waals surface area contributed by atoms with E-state index >= 15 is 0 Å². The Morgan fingerprint density at radius 2 is 2.06 bits per heavy atom. The Kier molecular flexibility index (Phi) is 4.12. The van der Waals surface area contributed by atoms with Crippen LogP contribution in [-0.2, 0) is 13.2 Å². The minimum atomic E-state index is -0.324. The van der Waals surface area contributed by atoms with Crippen LogP contribution < -0.4 is 10.5 Å². The molecule has 0 radical (unpaired) electrons. The Balaban J connectivity index is 2.11. The SMILES string of the molecule is NCc1cccc(COc2cncc(Cl)c2)c1F. The van der Waals surface area contributed by atoms with E-state index in [-0.39, 0.29) is 19.0 Å². The lowest BCUT2D eigenvalue weighted by molar-refractivity contribution is 0.298. The van der Waals surface area contributed by atoms with Gasteiger partial charge >= 0.3 is 0 Å². The summed E-state index contributed by atoms with van der Waals surface area (Å²) in [5, 5.41) is 0.476. The third-order valence-corrected chi connectivity index (χ3v) is 2.66. The van der Waals surface area contributed by atoms with Gasteiger partial charge in [-0.2, -0.15) is 0 Å². The van der Waals surface area contributed by atoms with Crippen LogP contribution in [0.15, 0.2) is 36.7 Å². The van der Waals surface area contributed by atoms with Gasteiger partial charge in [0.25, 0.3) is 0 Å². The molecular weight excluding hydrogens is 255 g/mol. The van der Waals surface area contributed by atoms with Gasteiger partial charge in [-0.15, -0.1) is 0 Å². The lowest BCUT2D eigenvalue weighted by Crippen LogP contribution is -2.05. The monoisotopic (exact) mass is 266 g/mol. The van der Waals surface area contributed by atoms with Crippen molar-refractivity contribution in [2.24, 2.45) is 5.73 Å². The summed E-state index contributed by atoms with van der Waals surface area (Å²) in [5.41, 5.74) is 6.37. The standard InChI is InChI=1S/C13H12ClFN2O/c14-11-4-12(7-17-6-11)18-8-10-3-1-2-9(5-16)13(10)15/h1-4,6-7H,5,8,16H2. The molecule has 0 unspecified atom stereocenters. The zero-order valence-corrected chi connectivity index (χ0v) is 10.3. The Hall–Kier alpha value is -1.65. The highest BCUT2D eigenvalue weighted by Gasteiger charge is 2.07. The Morgan fingerprint density at radius 3 is 2.78 bits per heavy atom. The second-order valence-electron chi connectivity index (χ2n) is 3.72. The second-order valence-corrected chi connectivity index (χ2v) is 4.16. The summed E-state index contributed by atoms with van der Waals surface area (Å²) in [6.45, 7) is 0.278. The van der Waals surface area contributed by atoms with E-state index in [1.807, 2.05) is 0 Å². The molecule has 1 heterocycles. The van der Waals surface area contributed by atoms with Crippen LogP contribution in [0, 0.1) is 5.82 Å². The molecule has 0 aliphatic carbocycles. The molecule has 5 heteroatoms. The largest absolute Gasteiger partial charge is 0.487 e. The van der Waals surface area contributed by atoms with Gasteiger partial charge in [-0.1, -0.05) is 29.8 Å². The fraction of sp³-hybridized carbons (Fsp3) is 0.154. The Bertz CT molecular complexity index is 548. The van der Waals surface area contributed by atoms with Crippen molar-refractivity contribution in [3.63, 3.8) is 0 Å². The van der Waals surface area contributed by atoms with E-state index < -0.39 is 0 Å². The predicted molar refractivity (Wildman–Crippen MR) is 67.9 cm³/mol. The summed E-state index contributed by atoms with van der Waals surface area (Å²) in [5.74, 6) is 0.176. The first-order valence-corrected chi connectivity index (χ1v) is 5.78. The second kappa shape index (κ2) is 5.80. The van der Waals surface area contributed by atoms with Gasteiger partial charge in [0, 0.05) is 29.9 Å². The fourth-order valence-corrected chi connectivity index (χ4v) is 1.70. The van der Waals surface area contributed by atoms with Crippen LogP contribution in [-0.4, -0.2) is 4.98 Å². The van der Waals surface area contributed by atoms with Crippen molar-refractivity contribution in [1.82, 2.24) is 4.98 Å². The van der Waals surface area contributed by atoms with Gasteiger partial charge in [0.05, 0.1) is 11.2 Å². The van der Waals surface area contributed by atoms with E-state index in [2.05, 4.69) is 4.98 Å². The van der Waals surface area contributed by atoms with Gasteiger partial charge < -0.3 is 10.5 Å². The number of nitrogens with zero attached hydrogens (tertiary/aromatic N) is 1. The first-order chi connectivity index (χ1) is 8.70. The van der Waals surface area contributed by atoms with E-state index in [9.17, 15) is 4.39 Å². The van der Waals surface area contributed by atoms with Gasteiger partial charge in [-0.25, -0.2) is 4.39 Å². The van der Waals surface area contributed by atoms with Gasteiger partial charge in [-0.3, -0.25) is 4.98 Å². The molecule has 3 nitrogen and oxygen atoms in total. The maximum absolute atomic E-state index is 13.9. The maximum Gasteiger partial charge on any atom is 0.139 e. The molecule has 0 spiro atoms. The number of halogens is 2. The molecule has 94 valence electrons. The molecule has 2 aromatic rings. The van der Waals surface area contributed by atoms with Crippen LogP contribution in [0.25, 0.3) is 0 Å².